The van der Waals surface area contributed by atoms with E-state index in [1.165, 1.54) is 4.90 Å². The molecule has 2 atom stereocenters. The van der Waals surface area contributed by atoms with Crippen LogP contribution in [0.15, 0.2) is 0 Å². The summed E-state index contributed by atoms with van der Waals surface area (Å²) in [6, 6.07) is -0.819. The van der Waals surface area contributed by atoms with Gasteiger partial charge >= 0.3 is 12.0 Å². The molecule has 20 heavy (non-hydrogen) atoms. The van der Waals surface area contributed by atoms with E-state index in [0.717, 1.165) is 32.1 Å². The number of carbonyl (C=O) groups is 2. The number of amides is 2. The molecule has 0 aromatic carbocycles. The molecule has 2 N–H and O–H groups in total. The minimum atomic E-state index is -0.891. The summed E-state index contributed by atoms with van der Waals surface area (Å²) >= 11 is 0. The molecule has 5 heteroatoms. The second-order valence-corrected chi connectivity index (χ2v) is 5.71. The smallest absolute Gasteiger partial charge is 0.326 e. The third kappa shape index (κ3) is 4.39. The van der Waals surface area contributed by atoms with Crippen molar-refractivity contribution in [2.45, 2.75) is 71.4 Å². The summed E-state index contributed by atoms with van der Waals surface area (Å²) in [7, 11) is 0. The molecule has 0 aliphatic carbocycles. The van der Waals surface area contributed by atoms with E-state index in [1.54, 1.807) is 0 Å². The van der Waals surface area contributed by atoms with E-state index in [-0.39, 0.29) is 12.1 Å². The quantitative estimate of drug-likeness (QED) is 0.815. The number of carbonyl (C=O) groups excluding carboxylic acids is 1. The molecule has 116 valence electrons. The summed E-state index contributed by atoms with van der Waals surface area (Å²) in [4.78, 5) is 25.2. The second-order valence-electron chi connectivity index (χ2n) is 5.71. The number of urea groups is 1. The van der Waals surface area contributed by atoms with E-state index in [1.807, 2.05) is 6.92 Å². The Morgan fingerprint density at radius 2 is 1.90 bits per heavy atom. The molecule has 0 bridgehead atoms. The Hall–Kier alpha value is -1.26. The summed E-state index contributed by atoms with van der Waals surface area (Å²) in [5.74, 6) is -0.452. The zero-order valence-corrected chi connectivity index (χ0v) is 12.9. The Labute approximate surface area is 121 Å². The van der Waals surface area contributed by atoms with Crippen LogP contribution < -0.4 is 5.32 Å². The second kappa shape index (κ2) is 8.12. The Bertz CT molecular complexity index is 329. The van der Waals surface area contributed by atoms with Crippen molar-refractivity contribution in [1.82, 2.24) is 10.2 Å². The first-order valence-electron chi connectivity index (χ1n) is 7.81. The number of carboxylic acid groups (broad SMARTS) is 1. The maximum Gasteiger partial charge on any atom is 0.326 e. The Morgan fingerprint density at radius 1 is 1.25 bits per heavy atom. The van der Waals surface area contributed by atoms with Crippen LogP contribution in [0.25, 0.3) is 0 Å². The number of carboxylic acids is 1. The average molecular weight is 284 g/mol. The summed E-state index contributed by atoms with van der Waals surface area (Å²) in [5, 5.41) is 12.3. The van der Waals surface area contributed by atoms with Gasteiger partial charge in [-0.3, -0.25) is 0 Å². The summed E-state index contributed by atoms with van der Waals surface area (Å²) in [6.07, 6.45) is 5.35. The van der Waals surface area contributed by atoms with Gasteiger partial charge in [0.2, 0.25) is 0 Å². The van der Waals surface area contributed by atoms with Crippen molar-refractivity contribution in [3.63, 3.8) is 0 Å². The van der Waals surface area contributed by atoms with Crippen molar-refractivity contribution in [2.24, 2.45) is 5.92 Å². The maximum absolute atomic E-state index is 12.4. The van der Waals surface area contributed by atoms with E-state index in [4.69, 9.17) is 0 Å². The number of nitrogens with one attached hydrogen (secondary N) is 1. The van der Waals surface area contributed by atoms with Crippen LogP contribution in [0.4, 0.5) is 4.79 Å². The Kier molecular flexibility index (Phi) is 6.82. The molecule has 1 rings (SSSR count). The van der Waals surface area contributed by atoms with Crippen molar-refractivity contribution in [2.75, 3.05) is 6.54 Å². The highest BCUT2D eigenvalue weighted by Crippen LogP contribution is 2.18. The number of hydrogen-bond acceptors (Lipinski definition) is 2. The molecule has 0 aromatic rings. The Balaban J connectivity index is 2.69. The lowest BCUT2D eigenvalue weighted by molar-refractivity contribution is -0.142. The number of rotatable bonds is 5. The van der Waals surface area contributed by atoms with Crippen molar-refractivity contribution in [3.8, 4) is 0 Å². The van der Waals surface area contributed by atoms with Gasteiger partial charge < -0.3 is 15.3 Å². The van der Waals surface area contributed by atoms with E-state index in [9.17, 15) is 14.7 Å². The molecule has 0 spiro atoms. The normalized spacial score (nSPS) is 21.4. The van der Waals surface area contributed by atoms with Crippen LogP contribution in [-0.4, -0.2) is 40.6 Å². The topological polar surface area (TPSA) is 69.6 Å². The van der Waals surface area contributed by atoms with Crippen LogP contribution >= 0.6 is 0 Å². The third-order valence-corrected chi connectivity index (χ3v) is 4.41. The van der Waals surface area contributed by atoms with E-state index < -0.39 is 12.0 Å². The molecule has 0 saturated carbocycles. The zero-order chi connectivity index (χ0) is 15.1. The molecule has 1 fully saturated rings. The molecule has 1 aliphatic heterocycles. The first kappa shape index (κ1) is 16.8. The highest BCUT2D eigenvalue weighted by atomic mass is 16.4. The van der Waals surface area contributed by atoms with Crippen LogP contribution in [0.5, 0.6) is 0 Å². The number of nitrogens with zero attached hydrogens (tertiary/aromatic N) is 1. The maximum atomic E-state index is 12.4. The van der Waals surface area contributed by atoms with Crippen molar-refractivity contribution in [3.05, 3.63) is 0 Å². The predicted octanol–water partition coefficient (Wildman–Crippen LogP) is 2.85. The number of hydrogen-bond donors (Lipinski definition) is 2. The molecule has 1 aliphatic rings. The lowest BCUT2D eigenvalue weighted by atomic mass is 9.96. The van der Waals surface area contributed by atoms with Crippen LogP contribution in [0.3, 0.4) is 0 Å². The van der Waals surface area contributed by atoms with Crippen LogP contribution in [0.2, 0.25) is 0 Å². The number of likely N-dealkylation sites (tertiary alicyclic amines) is 1. The molecule has 0 radical (unpaired) electrons. The van der Waals surface area contributed by atoms with E-state index >= 15 is 0 Å². The molecule has 2 unspecified atom stereocenters. The predicted molar refractivity (Wildman–Crippen MR) is 78.7 cm³/mol. The number of aliphatic carboxylic acids is 1. The fourth-order valence-corrected chi connectivity index (χ4v) is 3.00. The molecule has 5 nitrogen and oxygen atoms in total. The van der Waals surface area contributed by atoms with Crippen LogP contribution in [0.1, 0.15) is 59.3 Å². The standard InChI is InChI=1S/C15H28N2O3/c1-4-12(5-2)11(3)16-15(20)17-10-8-6-7-9-13(17)14(18)19/h11-13H,4-10H2,1-3H3,(H,16,20)(H,18,19). The molecule has 1 heterocycles. The average Bonchev–Trinajstić information content (AvgIpc) is 2.65. The fraction of sp³-hybridized carbons (Fsp3) is 0.867. The first-order valence-corrected chi connectivity index (χ1v) is 7.81. The van der Waals surface area contributed by atoms with Crippen LogP contribution in [0, 0.1) is 5.92 Å². The fourth-order valence-electron chi connectivity index (χ4n) is 3.00. The largest absolute Gasteiger partial charge is 0.480 e. The third-order valence-electron chi connectivity index (χ3n) is 4.41. The molecule has 0 aromatic heterocycles. The SMILES string of the molecule is CCC(CC)C(C)NC(=O)N1CCCCCC1C(=O)O. The molecular formula is C15H28N2O3. The Morgan fingerprint density at radius 3 is 2.45 bits per heavy atom. The first-order chi connectivity index (χ1) is 9.51. The summed E-state index contributed by atoms with van der Waals surface area (Å²) in [6.45, 7) is 6.77. The highest BCUT2D eigenvalue weighted by molar-refractivity contribution is 5.82. The van der Waals surface area contributed by atoms with Gasteiger partial charge in [-0.1, -0.05) is 39.5 Å². The van der Waals surface area contributed by atoms with E-state index in [0.29, 0.717) is 18.9 Å². The monoisotopic (exact) mass is 284 g/mol. The molecule has 2 amide bonds. The van der Waals surface area contributed by atoms with Crippen LogP contribution in [-0.2, 0) is 4.79 Å². The minimum absolute atomic E-state index is 0.0789. The van der Waals surface area contributed by atoms with Gasteiger partial charge in [-0.15, -0.1) is 0 Å². The minimum Gasteiger partial charge on any atom is -0.480 e. The molecular weight excluding hydrogens is 256 g/mol. The lowest BCUT2D eigenvalue weighted by Crippen LogP contribution is -2.52. The van der Waals surface area contributed by atoms with Gasteiger partial charge in [0.1, 0.15) is 6.04 Å². The van der Waals surface area contributed by atoms with Gasteiger partial charge in [0, 0.05) is 12.6 Å². The van der Waals surface area contributed by atoms with Gasteiger partial charge in [0.15, 0.2) is 0 Å². The highest BCUT2D eigenvalue weighted by Gasteiger charge is 2.31. The van der Waals surface area contributed by atoms with E-state index in [2.05, 4.69) is 19.2 Å². The summed E-state index contributed by atoms with van der Waals surface area (Å²) < 4.78 is 0. The van der Waals surface area contributed by atoms with Crippen molar-refractivity contribution in [1.29, 1.82) is 0 Å². The van der Waals surface area contributed by atoms with Gasteiger partial charge in [-0.2, -0.15) is 0 Å². The lowest BCUT2D eigenvalue weighted by Gasteiger charge is -2.30. The van der Waals surface area contributed by atoms with Crippen molar-refractivity contribution < 1.29 is 14.7 Å². The van der Waals surface area contributed by atoms with Gasteiger partial charge in [0.05, 0.1) is 0 Å². The van der Waals surface area contributed by atoms with Gasteiger partial charge in [-0.25, -0.2) is 9.59 Å². The molecule has 1 saturated heterocycles. The van der Waals surface area contributed by atoms with Gasteiger partial charge in [0.25, 0.3) is 0 Å². The zero-order valence-electron chi connectivity index (χ0n) is 12.9. The summed E-state index contributed by atoms with van der Waals surface area (Å²) in [5.41, 5.74) is 0. The van der Waals surface area contributed by atoms with Gasteiger partial charge in [-0.05, 0) is 25.7 Å². The van der Waals surface area contributed by atoms with Crippen molar-refractivity contribution >= 4 is 12.0 Å².